The van der Waals surface area contributed by atoms with Gasteiger partial charge in [-0.05, 0) is 52.7 Å². The lowest BCUT2D eigenvalue weighted by atomic mass is 9.99. The van der Waals surface area contributed by atoms with Gasteiger partial charge in [-0.3, -0.25) is 4.79 Å². The van der Waals surface area contributed by atoms with E-state index in [9.17, 15) is 4.79 Å². The number of anilines is 2. The van der Waals surface area contributed by atoms with Gasteiger partial charge >= 0.3 is 0 Å². The van der Waals surface area contributed by atoms with Crippen LogP contribution in [0.3, 0.4) is 0 Å². The zero-order valence-corrected chi connectivity index (χ0v) is 12.3. The molecule has 1 aliphatic rings. The maximum atomic E-state index is 11.6. The van der Waals surface area contributed by atoms with Crippen molar-refractivity contribution in [3.05, 3.63) is 49.6 Å². The van der Waals surface area contributed by atoms with E-state index in [-0.39, 0.29) is 5.56 Å². The quantitative estimate of drug-likeness (QED) is 0.707. The Bertz CT molecular complexity index is 668. The number of aromatic amines is 1. The average Bonchev–Trinajstić information content (AvgIpc) is 2.44. The Hall–Kier alpha value is -1.41. The molecule has 0 aliphatic carbocycles. The van der Waals surface area contributed by atoms with Crippen molar-refractivity contribution in [2.75, 3.05) is 11.9 Å². The van der Waals surface area contributed by atoms with Crippen LogP contribution in [0.25, 0.3) is 0 Å². The van der Waals surface area contributed by atoms with Crippen molar-refractivity contribution in [2.45, 2.75) is 13.0 Å². The smallest absolute Gasteiger partial charge is 0.266 e. The van der Waals surface area contributed by atoms with Crippen LogP contribution in [-0.4, -0.2) is 16.5 Å². The summed E-state index contributed by atoms with van der Waals surface area (Å²) < 4.78 is 0.576. The van der Waals surface area contributed by atoms with Crippen LogP contribution in [0.15, 0.2) is 29.3 Å². The highest BCUT2D eigenvalue weighted by Crippen LogP contribution is 2.26. The van der Waals surface area contributed by atoms with Gasteiger partial charge in [0.1, 0.15) is 3.57 Å². The van der Waals surface area contributed by atoms with Crippen molar-refractivity contribution in [3.8, 4) is 0 Å². The zero-order chi connectivity index (χ0) is 13.2. The number of H-pyrrole nitrogens is 1. The second kappa shape index (κ2) is 5.30. The Morgan fingerprint density at radius 1 is 1.37 bits per heavy atom. The number of aromatic nitrogens is 2. The van der Waals surface area contributed by atoms with Crippen LogP contribution in [0.4, 0.5) is 11.5 Å². The first-order chi connectivity index (χ1) is 9.25. The van der Waals surface area contributed by atoms with E-state index in [1.165, 1.54) is 17.5 Å². The van der Waals surface area contributed by atoms with Crippen LogP contribution in [-0.2, 0) is 13.0 Å². The van der Waals surface area contributed by atoms with Crippen LogP contribution in [0.1, 0.15) is 11.1 Å². The van der Waals surface area contributed by atoms with E-state index < -0.39 is 0 Å². The Morgan fingerprint density at radius 3 is 3.16 bits per heavy atom. The van der Waals surface area contributed by atoms with Crippen molar-refractivity contribution in [2.24, 2.45) is 0 Å². The molecule has 1 aromatic heterocycles. The van der Waals surface area contributed by atoms with Gasteiger partial charge in [0.05, 0.1) is 6.33 Å². The van der Waals surface area contributed by atoms with E-state index in [0.29, 0.717) is 9.39 Å². The molecule has 0 atom stereocenters. The molecule has 3 rings (SSSR count). The molecular formula is C13H13IN4O. The number of halogens is 1. The van der Waals surface area contributed by atoms with E-state index in [2.05, 4.69) is 26.7 Å². The minimum atomic E-state index is -0.121. The number of nitrogens with one attached hydrogen (secondary N) is 3. The minimum absolute atomic E-state index is 0.121. The van der Waals surface area contributed by atoms with E-state index in [1.807, 2.05) is 34.7 Å². The normalized spacial score (nSPS) is 13.9. The molecule has 0 amide bonds. The second-order valence-corrected chi connectivity index (χ2v) is 5.47. The van der Waals surface area contributed by atoms with E-state index in [0.717, 1.165) is 25.2 Å². The Labute approximate surface area is 124 Å². The number of benzene rings is 1. The van der Waals surface area contributed by atoms with Crippen LogP contribution in [0.5, 0.6) is 0 Å². The number of nitrogens with zero attached hydrogens (tertiary/aromatic N) is 1. The zero-order valence-electron chi connectivity index (χ0n) is 10.2. The maximum absolute atomic E-state index is 11.6. The molecule has 1 aliphatic heterocycles. The number of rotatable bonds is 2. The molecule has 5 nitrogen and oxygen atoms in total. The van der Waals surface area contributed by atoms with Gasteiger partial charge in [-0.25, -0.2) is 4.98 Å². The van der Waals surface area contributed by atoms with Crippen molar-refractivity contribution in [1.82, 2.24) is 15.3 Å². The van der Waals surface area contributed by atoms with Crippen LogP contribution >= 0.6 is 22.6 Å². The summed E-state index contributed by atoms with van der Waals surface area (Å²) in [6.45, 7) is 1.87. The van der Waals surface area contributed by atoms with Gasteiger partial charge in [-0.1, -0.05) is 12.1 Å². The van der Waals surface area contributed by atoms with Gasteiger partial charge in [0.2, 0.25) is 0 Å². The first-order valence-electron chi connectivity index (χ1n) is 6.07. The summed E-state index contributed by atoms with van der Waals surface area (Å²) in [6.07, 6.45) is 2.40. The van der Waals surface area contributed by atoms with Gasteiger partial charge in [-0.15, -0.1) is 0 Å². The highest BCUT2D eigenvalue weighted by molar-refractivity contribution is 14.1. The lowest BCUT2D eigenvalue weighted by Crippen LogP contribution is -2.24. The van der Waals surface area contributed by atoms with E-state index >= 15 is 0 Å². The molecule has 1 aromatic carbocycles. The first-order valence-corrected chi connectivity index (χ1v) is 7.15. The molecule has 2 heterocycles. The molecule has 6 heteroatoms. The van der Waals surface area contributed by atoms with Crippen molar-refractivity contribution in [3.63, 3.8) is 0 Å². The summed E-state index contributed by atoms with van der Waals surface area (Å²) in [6, 6.07) is 6.18. The molecule has 0 bridgehead atoms. The predicted molar refractivity (Wildman–Crippen MR) is 82.7 cm³/mol. The third kappa shape index (κ3) is 2.50. The fourth-order valence-electron chi connectivity index (χ4n) is 2.25. The molecule has 0 spiro atoms. The SMILES string of the molecule is O=c1[nH]cnc(Nc2cccc3c2CCNC3)c1I. The molecule has 0 unspecified atom stereocenters. The average molecular weight is 368 g/mol. The van der Waals surface area contributed by atoms with Gasteiger partial charge in [0.25, 0.3) is 5.56 Å². The van der Waals surface area contributed by atoms with E-state index in [1.54, 1.807) is 0 Å². The first kappa shape index (κ1) is 12.6. The molecule has 2 aromatic rings. The summed E-state index contributed by atoms with van der Waals surface area (Å²) in [5.74, 6) is 0.608. The number of fused-ring (bicyclic) bond motifs is 1. The molecule has 98 valence electrons. The fourth-order valence-corrected chi connectivity index (χ4v) is 2.68. The second-order valence-electron chi connectivity index (χ2n) is 4.39. The lowest BCUT2D eigenvalue weighted by molar-refractivity contribution is 0.645. The highest BCUT2D eigenvalue weighted by atomic mass is 127. The van der Waals surface area contributed by atoms with Crippen LogP contribution in [0.2, 0.25) is 0 Å². The minimum Gasteiger partial charge on any atom is -0.339 e. The third-order valence-electron chi connectivity index (χ3n) is 3.19. The monoisotopic (exact) mass is 368 g/mol. The summed E-state index contributed by atoms with van der Waals surface area (Å²) in [5, 5.41) is 6.63. The molecule has 0 radical (unpaired) electrons. The van der Waals surface area contributed by atoms with Crippen molar-refractivity contribution >= 4 is 34.1 Å². The summed E-state index contributed by atoms with van der Waals surface area (Å²) in [7, 11) is 0. The van der Waals surface area contributed by atoms with Crippen molar-refractivity contribution < 1.29 is 0 Å². The van der Waals surface area contributed by atoms with E-state index in [4.69, 9.17) is 0 Å². The van der Waals surface area contributed by atoms with Gasteiger partial charge < -0.3 is 15.6 Å². The standard InChI is InChI=1S/C13H13IN4O/c14-11-12(16-7-17-13(11)19)18-10-3-1-2-8-6-15-5-4-9(8)10/h1-3,7,15H,4-6H2,(H2,16,17,18,19). The van der Waals surface area contributed by atoms with Gasteiger partial charge in [-0.2, -0.15) is 0 Å². The molecule has 0 saturated carbocycles. The molecule has 19 heavy (non-hydrogen) atoms. The topological polar surface area (TPSA) is 69.8 Å². The Balaban J connectivity index is 2.00. The van der Waals surface area contributed by atoms with Gasteiger partial charge in [0, 0.05) is 12.2 Å². The maximum Gasteiger partial charge on any atom is 0.266 e. The third-order valence-corrected chi connectivity index (χ3v) is 4.19. The molecular weight excluding hydrogens is 355 g/mol. The molecule has 0 fully saturated rings. The summed E-state index contributed by atoms with van der Waals surface area (Å²) in [4.78, 5) is 18.3. The highest BCUT2D eigenvalue weighted by Gasteiger charge is 2.14. The molecule has 3 N–H and O–H groups in total. The largest absolute Gasteiger partial charge is 0.339 e. The van der Waals surface area contributed by atoms with Crippen LogP contribution < -0.4 is 16.2 Å². The van der Waals surface area contributed by atoms with Crippen molar-refractivity contribution in [1.29, 1.82) is 0 Å². The lowest BCUT2D eigenvalue weighted by Gasteiger charge is -2.20. The Kier molecular flexibility index (Phi) is 3.52. The Morgan fingerprint density at radius 2 is 2.26 bits per heavy atom. The number of hydrogen-bond acceptors (Lipinski definition) is 4. The fraction of sp³-hybridized carbons (Fsp3) is 0.231. The summed E-state index contributed by atoms with van der Waals surface area (Å²) >= 11 is 2.01. The van der Waals surface area contributed by atoms with Gasteiger partial charge in [0.15, 0.2) is 5.82 Å². The van der Waals surface area contributed by atoms with Crippen LogP contribution in [0, 0.1) is 3.57 Å². The molecule has 0 saturated heterocycles. The summed E-state index contributed by atoms with van der Waals surface area (Å²) in [5.41, 5.74) is 3.52. The predicted octanol–water partition coefficient (Wildman–Crippen LogP) is 1.76. The number of hydrogen-bond donors (Lipinski definition) is 3.